The number of rotatable bonds is 6. The molecular formula is C19H18ClNO3. The highest BCUT2D eigenvalue weighted by Gasteiger charge is 2.18. The first kappa shape index (κ1) is 17.8. The molecule has 0 heterocycles. The maximum atomic E-state index is 12.3. The Kier molecular flexibility index (Phi) is 6.58. The summed E-state index contributed by atoms with van der Waals surface area (Å²) in [6.07, 6.45) is 2.33. The second-order valence-corrected chi connectivity index (χ2v) is 5.58. The summed E-state index contributed by atoms with van der Waals surface area (Å²) in [5, 5.41) is 3.38. The summed E-state index contributed by atoms with van der Waals surface area (Å²) in [6.45, 7) is 1.60. The molecule has 1 amide bonds. The molecule has 0 spiro atoms. The third-order valence-corrected chi connectivity index (χ3v) is 3.45. The van der Waals surface area contributed by atoms with Gasteiger partial charge in [-0.15, -0.1) is 0 Å². The fourth-order valence-electron chi connectivity index (χ4n) is 2.01. The highest BCUT2D eigenvalue weighted by atomic mass is 35.5. The number of ether oxygens (including phenoxy) is 1. The van der Waals surface area contributed by atoms with E-state index in [-0.39, 0.29) is 5.91 Å². The van der Waals surface area contributed by atoms with Crippen LogP contribution in [0.2, 0.25) is 5.02 Å². The van der Waals surface area contributed by atoms with Gasteiger partial charge >= 0.3 is 5.97 Å². The third kappa shape index (κ3) is 5.89. The molecule has 0 aliphatic rings. The lowest BCUT2D eigenvalue weighted by Crippen LogP contribution is -2.35. The Morgan fingerprint density at radius 2 is 1.79 bits per heavy atom. The van der Waals surface area contributed by atoms with Crippen molar-refractivity contribution >= 4 is 29.6 Å². The molecule has 0 aliphatic heterocycles. The van der Waals surface area contributed by atoms with Gasteiger partial charge in [-0.25, -0.2) is 0 Å². The molecule has 24 heavy (non-hydrogen) atoms. The quantitative estimate of drug-likeness (QED) is 0.815. The average Bonchev–Trinajstić information content (AvgIpc) is 2.58. The average molecular weight is 344 g/mol. The smallest absolute Gasteiger partial charge is 0.303 e. The maximum Gasteiger partial charge on any atom is 0.303 e. The van der Waals surface area contributed by atoms with Gasteiger partial charge in [-0.1, -0.05) is 60.1 Å². The van der Waals surface area contributed by atoms with Crippen molar-refractivity contribution < 1.29 is 14.3 Å². The topological polar surface area (TPSA) is 55.4 Å². The van der Waals surface area contributed by atoms with Gasteiger partial charge in [-0.3, -0.25) is 9.59 Å². The molecule has 0 saturated carbocycles. The zero-order chi connectivity index (χ0) is 17.4. The summed E-state index contributed by atoms with van der Waals surface area (Å²) >= 11 is 5.83. The van der Waals surface area contributed by atoms with E-state index in [2.05, 4.69) is 5.32 Å². The first-order valence-electron chi connectivity index (χ1n) is 7.47. The second kappa shape index (κ2) is 8.89. The molecule has 0 aliphatic carbocycles. The number of benzene rings is 2. The van der Waals surface area contributed by atoms with Crippen molar-refractivity contribution in [3.8, 4) is 0 Å². The van der Waals surface area contributed by atoms with Gasteiger partial charge in [0.1, 0.15) is 0 Å². The molecule has 2 aromatic carbocycles. The Bertz CT molecular complexity index is 711. The standard InChI is InChI=1S/C19H18ClNO3/c1-14(22)24-18(12-9-15-5-3-2-4-6-15)19(23)21-13-16-7-10-17(20)11-8-16/h2-12,18H,13H2,1H3,(H,21,23)/b12-9+. The molecule has 0 fully saturated rings. The van der Waals surface area contributed by atoms with Crippen LogP contribution in [0.5, 0.6) is 0 Å². The van der Waals surface area contributed by atoms with Crippen molar-refractivity contribution in [2.75, 3.05) is 0 Å². The SMILES string of the molecule is CC(=O)OC(/C=C/c1ccccc1)C(=O)NCc1ccc(Cl)cc1. The zero-order valence-electron chi connectivity index (χ0n) is 13.2. The van der Waals surface area contributed by atoms with Crippen molar-refractivity contribution in [1.82, 2.24) is 5.32 Å². The number of esters is 1. The maximum absolute atomic E-state index is 12.3. The highest BCUT2D eigenvalue weighted by molar-refractivity contribution is 6.30. The lowest BCUT2D eigenvalue weighted by molar-refractivity contribution is -0.150. The van der Waals surface area contributed by atoms with Crippen LogP contribution in [0.1, 0.15) is 18.1 Å². The summed E-state index contributed by atoms with van der Waals surface area (Å²) in [6, 6.07) is 16.6. The number of halogens is 1. The molecule has 0 bridgehead atoms. The van der Waals surface area contributed by atoms with Crippen LogP contribution in [0, 0.1) is 0 Å². The number of carbonyl (C=O) groups is 2. The van der Waals surface area contributed by atoms with Gasteiger partial charge < -0.3 is 10.1 Å². The zero-order valence-corrected chi connectivity index (χ0v) is 14.0. The van der Waals surface area contributed by atoms with Crippen LogP contribution in [0.4, 0.5) is 0 Å². The van der Waals surface area contributed by atoms with E-state index < -0.39 is 12.1 Å². The van der Waals surface area contributed by atoms with Crippen molar-refractivity contribution in [1.29, 1.82) is 0 Å². The number of hydrogen-bond acceptors (Lipinski definition) is 3. The molecular weight excluding hydrogens is 326 g/mol. The lowest BCUT2D eigenvalue weighted by Gasteiger charge is -2.13. The van der Waals surface area contributed by atoms with Gasteiger partial charge in [0, 0.05) is 18.5 Å². The minimum Gasteiger partial charge on any atom is -0.448 e. The Labute approximate surface area is 146 Å². The molecule has 0 saturated heterocycles. The van der Waals surface area contributed by atoms with Crippen LogP contribution in [0.3, 0.4) is 0 Å². The van der Waals surface area contributed by atoms with Gasteiger partial charge in [-0.05, 0) is 29.3 Å². The Morgan fingerprint density at radius 3 is 2.42 bits per heavy atom. The number of carbonyl (C=O) groups excluding carboxylic acids is 2. The van der Waals surface area contributed by atoms with E-state index in [9.17, 15) is 9.59 Å². The summed E-state index contributed by atoms with van der Waals surface area (Å²) in [7, 11) is 0. The minimum atomic E-state index is -0.977. The van der Waals surface area contributed by atoms with Crippen LogP contribution in [-0.4, -0.2) is 18.0 Å². The molecule has 5 heteroatoms. The fourth-order valence-corrected chi connectivity index (χ4v) is 2.14. The highest BCUT2D eigenvalue weighted by Crippen LogP contribution is 2.10. The molecule has 1 atom stereocenters. The summed E-state index contributed by atoms with van der Waals surface area (Å²) < 4.78 is 5.08. The predicted molar refractivity (Wildman–Crippen MR) is 94.3 cm³/mol. The molecule has 0 aromatic heterocycles. The normalized spacial score (nSPS) is 11.9. The minimum absolute atomic E-state index is 0.326. The Hall–Kier alpha value is -2.59. The second-order valence-electron chi connectivity index (χ2n) is 5.14. The van der Waals surface area contributed by atoms with Crippen LogP contribution < -0.4 is 5.32 Å². The van der Waals surface area contributed by atoms with Gasteiger partial charge in [0.15, 0.2) is 6.10 Å². The van der Waals surface area contributed by atoms with Crippen LogP contribution >= 0.6 is 11.6 Å². The molecule has 2 rings (SSSR count). The van der Waals surface area contributed by atoms with E-state index in [4.69, 9.17) is 16.3 Å². The number of amides is 1. The predicted octanol–water partition coefficient (Wildman–Crippen LogP) is 3.60. The lowest BCUT2D eigenvalue weighted by atomic mass is 10.1. The molecule has 4 nitrogen and oxygen atoms in total. The van der Waals surface area contributed by atoms with E-state index in [0.717, 1.165) is 11.1 Å². The Balaban J connectivity index is 2.00. The summed E-state index contributed by atoms with van der Waals surface area (Å²) in [5.74, 6) is -0.897. The van der Waals surface area contributed by atoms with Crippen molar-refractivity contribution in [2.45, 2.75) is 19.6 Å². The van der Waals surface area contributed by atoms with Gasteiger partial charge in [0.2, 0.25) is 0 Å². The summed E-state index contributed by atoms with van der Waals surface area (Å²) in [4.78, 5) is 23.5. The van der Waals surface area contributed by atoms with E-state index in [1.54, 1.807) is 24.3 Å². The van der Waals surface area contributed by atoms with Crippen LogP contribution in [-0.2, 0) is 20.9 Å². The third-order valence-electron chi connectivity index (χ3n) is 3.19. The van der Waals surface area contributed by atoms with Gasteiger partial charge in [0.25, 0.3) is 5.91 Å². The molecule has 1 N–H and O–H groups in total. The Morgan fingerprint density at radius 1 is 1.12 bits per heavy atom. The van der Waals surface area contributed by atoms with Crippen molar-refractivity contribution in [3.05, 3.63) is 76.8 Å². The summed E-state index contributed by atoms with van der Waals surface area (Å²) in [5.41, 5.74) is 1.82. The van der Waals surface area contributed by atoms with E-state index in [0.29, 0.717) is 11.6 Å². The van der Waals surface area contributed by atoms with Gasteiger partial charge in [-0.2, -0.15) is 0 Å². The van der Waals surface area contributed by atoms with Crippen molar-refractivity contribution in [2.24, 2.45) is 0 Å². The van der Waals surface area contributed by atoms with Crippen molar-refractivity contribution in [3.63, 3.8) is 0 Å². The largest absolute Gasteiger partial charge is 0.448 e. The van der Waals surface area contributed by atoms with E-state index in [1.807, 2.05) is 42.5 Å². The van der Waals surface area contributed by atoms with E-state index in [1.165, 1.54) is 6.92 Å². The monoisotopic (exact) mass is 343 g/mol. The van der Waals surface area contributed by atoms with Crippen LogP contribution in [0.25, 0.3) is 6.08 Å². The fraction of sp³-hybridized carbons (Fsp3) is 0.158. The molecule has 124 valence electrons. The number of nitrogens with one attached hydrogen (secondary N) is 1. The molecule has 2 aromatic rings. The first-order chi connectivity index (χ1) is 11.5. The first-order valence-corrected chi connectivity index (χ1v) is 7.85. The molecule has 0 radical (unpaired) electrons. The van der Waals surface area contributed by atoms with Crippen LogP contribution in [0.15, 0.2) is 60.7 Å². The number of hydrogen-bond donors (Lipinski definition) is 1. The van der Waals surface area contributed by atoms with Gasteiger partial charge in [0.05, 0.1) is 0 Å². The molecule has 1 unspecified atom stereocenters. The van der Waals surface area contributed by atoms with E-state index >= 15 is 0 Å².